The fraction of sp³-hybridized carbons (Fsp3) is 0.429. The van der Waals surface area contributed by atoms with Crippen LogP contribution in [-0.2, 0) is 4.79 Å². The van der Waals surface area contributed by atoms with Gasteiger partial charge in [0.05, 0.1) is 0 Å². The van der Waals surface area contributed by atoms with Gasteiger partial charge in [-0.25, -0.2) is 4.79 Å². The van der Waals surface area contributed by atoms with Crippen molar-refractivity contribution >= 4 is 17.6 Å². The average Bonchev–Trinajstić information content (AvgIpc) is 2.73. The molecule has 1 aromatic rings. The largest absolute Gasteiger partial charge is 0.374 e. The fourth-order valence-corrected chi connectivity index (χ4v) is 2.29. The molecule has 1 saturated heterocycles. The third-order valence-corrected chi connectivity index (χ3v) is 3.10. The number of carbonyl (C=O) groups excluding carboxylic acids is 2. The molecule has 2 N–H and O–H groups in total. The number of urea groups is 1. The monoisotopic (exact) mass is 261 g/mol. The lowest BCUT2D eigenvalue weighted by atomic mass is 10.1. The molecule has 1 aromatic carbocycles. The molecule has 1 atom stereocenters. The van der Waals surface area contributed by atoms with E-state index in [1.807, 2.05) is 26.0 Å². The molecular weight excluding hydrogens is 242 g/mol. The summed E-state index contributed by atoms with van der Waals surface area (Å²) in [6.45, 7) is 6.76. The predicted octanol–water partition coefficient (Wildman–Crippen LogP) is 1.66. The summed E-state index contributed by atoms with van der Waals surface area (Å²) >= 11 is 0. The van der Waals surface area contributed by atoms with E-state index in [1.54, 1.807) is 6.92 Å². The van der Waals surface area contributed by atoms with Gasteiger partial charge >= 0.3 is 6.03 Å². The summed E-state index contributed by atoms with van der Waals surface area (Å²) in [5.74, 6) is -0.200. The van der Waals surface area contributed by atoms with E-state index in [4.69, 9.17) is 0 Å². The molecule has 5 heteroatoms. The quantitative estimate of drug-likeness (QED) is 0.869. The zero-order chi connectivity index (χ0) is 14.0. The van der Waals surface area contributed by atoms with Crippen molar-refractivity contribution in [2.45, 2.75) is 26.8 Å². The molecule has 0 radical (unpaired) electrons. The third-order valence-electron chi connectivity index (χ3n) is 3.10. The minimum Gasteiger partial charge on any atom is -0.374 e. The minimum absolute atomic E-state index is 0.200. The number of benzene rings is 1. The number of nitrogens with one attached hydrogen (secondary N) is 2. The molecule has 1 aliphatic rings. The van der Waals surface area contributed by atoms with Crippen molar-refractivity contribution in [3.05, 3.63) is 29.3 Å². The zero-order valence-corrected chi connectivity index (χ0v) is 11.5. The van der Waals surface area contributed by atoms with Crippen molar-refractivity contribution in [2.24, 2.45) is 0 Å². The summed E-state index contributed by atoms with van der Waals surface area (Å²) in [5.41, 5.74) is 3.18. The molecule has 0 bridgehead atoms. The molecule has 0 aromatic heterocycles. The van der Waals surface area contributed by atoms with Crippen LogP contribution in [0.2, 0.25) is 0 Å². The smallest absolute Gasteiger partial charge is 0.324 e. The normalized spacial score (nSPS) is 16.2. The van der Waals surface area contributed by atoms with Gasteiger partial charge in [-0.3, -0.25) is 9.69 Å². The van der Waals surface area contributed by atoms with Gasteiger partial charge in [0.1, 0.15) is 6.04 Å². The lowest BCUT2D eigenvalue weighted by Gasteiger charge is -2.20. The Hall–Kier alpha value is -2.04. The van der Waals surface area contributed by atoms with Crippen LogP contribution >= 0.6 is 0 Å². The molecule has 5 nitrogen and oxygen atoms in total. The van der Waals surface area contributed by atoms with Gasteiger partial charge in [0.2, 0.25) is 0 Å². The van der Waals surface area contributed by atoms with Gasteiger partial charge in [-0.15, -0.1) is 0 Å². The van der Waals surface area contributed by atoms with Gasteiger partial charge in [0.15, 0.2) is 0 Å². The van der Waals surface area contributed by atoms with Crippen LogP contribution in [0.1, 0.15) is 18.1 Å². The Labute approximate surface area is 113 Å². The fourth-order valence-electron chi connectivity index (χ4n) is 2.29. The molecule has 1 unspecified atom stereocenters. The van der Waals surface area contributed by atoms with E-state index in [0.29, 0.717) is 13.1 Å². The van der Waals surface area contributed by atoms with Crippen molar-refractivity contribution in [3.63, 3.8) is 0 Å². The summed E-state index contributed by atoms with van der Waals surface area (Å²) in [4.78, 5) is 24.8. The first-order valence-corrected chi connectivity index (χ1v) is 6.41. The van der Waals surface area contributed by atoms with E-state index in [0.717, 1.165) is 16.8 Å². The lowest BCUT2D eigenvalue weighted by molar-refractivity contribution is -0.128. The number of carbonyl (C=O) groups is 2. The maximum absolute atomic E-state index is 12.1. The number of imide groups is 1. The molecule has 3 amide bonds. The number of aryl methyl sites for hydroxylation is 2. The molecule has 0 saturated carbocycles. The molecule has 19 heavy (non-hydrogen) atoms. The Balaban J connectivity index is 2.05. The number of rotatable bonds is 3. The summed E-state index contributed by atoms with van der Waals surface area (Å²) in [6.07, 6.45) is 0. The first-order chi connectivity index (χ1) is 8.97. The van der Waals surface area contributed by atoms with Gasteiger partial charge in [-0.2, -0.15) is 0 Å². The van der Waals surface area contributed by atoms with Crippen molar-refractivity contribution < 1.29 is 9.59 Å². The van der Waals surface area contributed by atoms with Crippen LogP contribution in [0.15, 0.2) is 18.2 Å². The van der Waals surface area contributed by atoms with E-state index in [9.17, 15) is 9.59 Å². The standard InChI is InChI=1S/C14H19N3O2/c1-9-6-10(2)8-12(7-9)16-11(3)13(18)17-5-4-15-14(17)19/h6-8,11,16H,4-5H2,1-3H3,(H,15,19). The van der Waals surface area contributed by atoms with E-state index in [-0.39, 0.29) is 11.9 Å². The van der Waals surface area contributed by atoms with Crippen molar-refractivity contribution in [2.75, 3.05) is 18.4 Å². The van der Waals surface area contributed by atoms with Crippen LogP contribution in [-0.4, -0.2) is 36.0 Å². The number of amides is 3. The maximum atomic E-state index is 12.1. The highest BCUT2D eigenvalue weighted by Crippen LogP contribution is 2.15. The first-order valence-electron chi connectivity index (χ1n) is 6.41. The number of hydrogen-bond acceptors (Lipinski definition) is 3. The molecule has 0 spiro atoms. The van der Waals surface area contributed by atoms with E-state index in [1.165, 1.54) is 4.90 Å². The van der Waals surface area contributed by atoms with Crippen molar-refractivity contribution in [1.82, 2.24) is 10.2 Å². The van der Waals surface area contributed by atoms with Crippen LogP contribution in [0, 0.1) is 13.8 Å². The SMILES string of the molecule is Cc1cc(C)cc(NC(C)C(=O)N2CCNC2=O)c1. The Morgan fingerprint density at radius 3 is 2.47 bits per heavy atom. The van der Waals surface area contributed by atoms with Gasteiger partial charge < -0.3 is 10.6 Å². The van der Waals surface area contributed by atoms with Crippen LogP contribution in [0.3, 0.4) is 0 Å². The summed E-state index contributed by atoms with van der Waals surface area (Å²) in [5, 5.41) is 5.78. The van der Waals surface area contributed by atoms with Crippen molar-refractivity contribution in [1.29, 1.82) is 0 Å². The Morgan fingerprint density at radius 1 is 1.32 bits per heavy atom. The predicted molar refractivity (Wildman–Crippen MR) is 74.1 cm³/mol. The van der Waals surface area contributed by atoms with Crippen LogP contribution in [0.5, 0.6) is 0 Å². The molecule has 102 valence electrons. The molecule has 0 aliphatic carbocycles. The molecule has 1 fully saturated rings. The second-order valence-corrected chi connectivity index (χ2v) is 4.96. The summed E-state index contributed by atoms with van der Waals surface area (Å²) in [7, 11) is 0. The number of hydrogen-bond donors (Lipinski definition) is 2. The van der Waals surface area contributed by atoms with Crippen molar-refractivity contribution in [3.8, 4) is 0 Å². The molecule has 1 aliphatic heterocycles. The second kappa shape index (κ2) is 5.30. The zero-order valence-electron chi connectivity index (χ0n) is 11.5. The number of anilines is 1. The molecule has 2 rings (SSSR count). The second-order valence-electron chi connectivity index (χ2n) is 4.96. The Bertz CT molecular complexity index is 493. The average molecular weight is 261 g/mol. The highest BCUT2D eigenvalue weighted by molar-refractivity contribution is 5.99. The van der Waals surface area contributed by atoms with Crippen LogP contribution < -0.4 is 10.6 Å². The topological polar surface area (TPSA) is 61.4 Å². The lowest BCUT2D eigenvalue weighted by Crippen LogP contribution is -2.43. The Kier molecular flexibility index (Phi) is 3.74. The third kappa shape index (κ3) is 3.05. The van der Waals surface area contributed by atoms with Crippen LogP contribution in [0.25, 0.3) is 0 Å². The van der Waals surface area contributed by atoms with Gasteiger partial charge in [-0.1, -0.05) is 6.07 Å². The van der Waals surface area contributed by atoms with Gasteiger partial charge in [0.25, 0.3) is 5.91 Å². The minimum atomic E-state index is -0.426. The number of nitrogens with zero attached hydrogens (tertiary/aromatic N) is 1. The summed E-state index contributed by atoms with van der Waals surface area (Å²) in [6, 6.07) is 5.32. The summed E-state index contributed by atoms with van der Waals surface area (Å²) < 4.78 is 0. The van der Waals surface area contributed by atoms with E-state index >= 15 is 0 Å². The highest BCUT2D eigenvalue weighted by Gasteiger charge is 2.29. The highest BCUT2D eigenvalue weighted by atomic mass is 16.2. The van der Waals surface area contributed by atoms with E-state index < -0.39 is 6.04 Å². The molecule has 1 heterocycles. The van der Waals surface area contributed by atoms with Gasteiger partial charge in [0, 0.05) is 18.8 Å². The van der Waals surface area contributed by atoms with Crippen LogP contribution in [0.4, 0.5) is 10.5 Å². The van der Waals surface area contributed by atoms with Gasteiger partial charge in [-0.05, 0) is 44.0 Å². The first kappa shape index (κ1) is 13.4. The Morgan fingerprint density at radius 2 is 1.95 bits per heavy atom. The molecular formula is C14H19N3O2. The van der Waals surface area contributed by atoms with E-state index in [2.05, 4.69) is 16.7 Å². The maximum Gasteiger partial charge on any atom is 0.324 e.